The van der Waals surface area contributed by atoms with E-state index in [0.29, 0.717) is 5.75 Å². The number of benzene rings is 1. The van der Waals surface area contributed by atoms with Crippen LogP contribution in [0.15, 0.2) is 30.3 Å². The van der Waals surface area contributed by atoms with Crippen LogP contribution >= 0.6 is 0 Å². The first-order chi connectivity index (χ1) is 9.53. The molecule has 5 nitrogen and oxygen atoms in total. The highest BCUT2D eigenvalue weighted by atomic mass is 19.3. The van der Waals surface area contributed by atoms with Crippen molar-refractivity contribution in [2.24, 2.45) is 5.73 Å². The van der Waals surface area contributed by atoms with Gasteiger partial charge in [0.1, 0.15) is 19.0 Å². The average Bonchev–Trinajstić information content (AvgIpc) is 2.46. The molecule has 0 radical (unpaired) electrons. The Hall–Kier alpha value is -1.73. The minimum absolute atomic E-state index is 0.190. The van der Waals surface area contributed by atoms with E-state index in [9.17, 15) is 13.6 Å². The van der Waals surface area contributed by atoms with Gasteiger partial charge in [-0.2, -0.15) is 0 Å². The molecule has 1 rings (SSSR count). The second-order valence-corrected chi connectivity index (χ2v) is 4.05. The Labute approximate surface area is 116 Å². The number of alkyl halides is 2. The first-order valence-electron chi connectivity index (χ1n) is 6.14. The minimum Gasteiger partial charge on any atom is -0.491 e. The van der Waals surface area contributed by atoms with Gasteiger partial charge in [-0.15, -0.1) is 0 Å². The van der Waals surface area contributed by atoms with Crippen molar-refractivity contribution in [3.05, 3.63) is 30.3 Å². The molecule has 20 heavy (non-hydrogen) atoms. The Kier molecular flexibility index (Phi) is 6.89. The molecule has 0 saturated carbocycles. The van der Waals surface area contributed by atoms with Crippen molar-refractivity contribution in [2.45, 2.75) is 5.92 Å². The number of hydrogen-bond acceptors (Lipinski definition) is 4. The molecule has 0 aliphatic carbocycles. The lowest BCUT2D eigenvalue weighted by atomic mass is 10.3. The van der Waals surface area contributed by atoms with E-state index in [1.54, 1.807) is 12.1 Å². The standard InChI is InChI=1S/C13H18F2N2O3/c14-13(15,9-16)10-17-12(18)8-19-6-7-20-11-4-2-1-3-5-11/h1-5H,6-10,16H2,(H,17,18). The lowest BCUT2D eigenvalue weighted by molar-refractivity contribution is -0.127. The molecular formula is C13H18F2N2O3. The van der Waals surface area contributed by atoms with Crippen LogP contribution in [-0.2, 0) is 9.53 Å². The molecule has 1 aromatic rings. The van der Waals surface area contributed by atoms with E-state index in [1.807, 2.05) is 23.5 Å². The van der Waals surface area contributed by atoms with E-state index >= 15 is 0 Å². The molecule has 0 aliphatic heterocycles. The number of nitrogens with two attached hydrogens (primary N) is 1. The fraction of sp³-hybridized carbons (Fsp3) is 0.462. The van der Waals surface area contributed by atoms with Crippen LogP contribution in [0.25, 0.3) is 0 Å². The molecule has 3 N–H and O–H groups in total. The van der Waals surface area contributed by atoms with Gasteiger partial charge in [0.2, 0.25) is 5.91 Å². The highest BCUT2D eigenvalue weighted by molar-refractivity contribution is 5.77. The van der Waals surface area contributed by atoms with Gasteiger partial charge >= 0.3 is 0 Å². The fourth-order valence-electron chi connectivity index (χ4n) is 1.25. The van der Waals surface area contributed by atoms with Gasteiger partial charge in [-0.25, -0.2) is 8.78 Å². The molecule has 0 fully saturated rings. The van der Waals surface area contributed by atoms with Gasteiger partial charge in [-0.05, 0) is 12.1 Å². The molecule has 0 unspecified atom stereocenters. The van der Waals surface area contributed by atoms with Crippen molar-refractivity contribution >= 4 is 5.91 Å². The molecule has 0 saturated heterocycles. The summed E-state index contributed by atoms with van der Waals surface area (Å²) in [6.07, 6.45) is 0. The Morgan fingerprint density at radius 3 is 2.60 bits per heavy atom. The Balaban J connectivity index is 2.05. The topological polar surface area (TPSA) is 73.6 Å². The number of amides is 1. The maximum absolute atomic E-state index is 12.7. The van der Waals surface area contributed by atoms with Crippen LogP contribution in [0.4, 0.5) is 8.78 Å². The van der Waals surface area contributed by atoms with Crippen molar-refractivity contribution in [1.82, 2.24) is 5.32 Å². The summed E-state index contributed by atoms with van der Waals surface area (Å²) in [4.78, 5) is 11.2. The third kappa shape index (κ3) is 7.01. The molecule has 0 bridgehead atoms. The third-order valence-electron chi connectivity index (χ3n) is 2.32. The monoisotopic (exact) mass is 288 g/mol. The maximum Gasteiger partial charge on any atom is 0.277 e. The molecule has 0 aromatic heterocycles. The molecule has 0 aliphatic rings. The maximum atomic E-state index is 12.7. The van der Waals surface area contributed by atoms with Gasteiger partial charge in [0, 0.05) is 0 Å². The lowest BCUT2D eigenvalue weighted by Gasteiger charge is -2.14. The largest absolute Gasteiger partial charge is 0.491 e. The summed E-state index contributed by atoms with van der Waals surface area (Å²) >= 11 is 0. The molecular weight excluding hydrogens is 270 g/mol. The predicted octanol–water partition coefficient (Wildman–Crippen LogP) is 0.792. The zero-order valence-electron chi connectivity index (χ0n) is 11.0. The molecule has 0 atom stereocenters. The highest BCUT2D eigenvalue weighted by Crippen LogP contribution is 2.08. The summed E-state index contributed by atoms with van der Waals surface area (Å²) in [7, 11) is 0. The van der Waals surface area contributed by atoms with Gasteiger partial charge in [0.15, 0.2) is 0 Å². The van der Waals surface area contributed by atoms with Crippen LogP contribution in [-0.4, -0.2) is 44.7 Å². The molecule has 0 spiro atoms. The van der Waals surface area contributed by atoms with Gasteiger partial charge in [-0.3, -0.25) is 4.79 Å². The number of halogens is 2. The lowest BCUT2D eigenvalue weighted by Crippen LogP contribution is -2.42. The highest BCUT2D eigenvalue weighted by Gasteiger charge is 2.26. The van der Waals surface area contributed by atoms with Crippen LogP contribution < -0.4 is 15.8 Å². The molecule has 0 heterocycles. The fourth-order valence-corrected chi connectivity index (χ4v) is 1.25. The van der Waals surface area contributed by atoms with E-state index in [-0.39, 0.29) is 19.8 Å². The van der Waals surface area contributed by atoms with Crippen molar-refractivity contribution in [3.8, 4) is 5.75 Å². The molecule has 112 valence electrons. The number of carbonyl (C=O) groups is 1. The first-order valence-corrected chi connectivity index (χ1v) is 6.14. The van der Waals surface area contributed by atoms with Crippen molar-refractivity contribution in [2.75, 3.05) is 32.9 Å². The second kappa shape index (κ2) is 8.44. The van der Waals surface area contributed by atoms with Crippen LogP contribution in [0.1, 0.15) is 0 Å². The predicted molar refractivity (Wildman–Crippen MR) is 69.8 cm³/mol. The molecule has 1 aromatic carbocycles. The van der Waals surface area contributed by atoms with Crippen LogP contribution in [0, 0.1) is 0 Å². The number of carbonyl (C=O) groups excluding carboxylic acids is 1. The first kappa shape index (κ1) is 16.3. The summed E-state index contributed by atoms with van der Waals surface area (Å²) in [5.74, 6) is -3.01. The molecule has 1 amide bonds. The van der Waals surface area contributed by atoms with Gasteiger partial charge < -0.3 is 20.5 Å². The van der Waals surface area contributed by atoms with E-state index in [1.165, 1.54) is 0 Å². The second-order valence-electron chi connectivity index (χ2n) is 4.05. The number of ether oxygens (including phenoxy) is 2. The average molecular weight is 288 g/mol. The summed E-state index contributed by atoms with van der Waals surface area (Å²) < 4.78 is 35.8. The number of hydrogen-bond donors (Lipinski definition) is 2. The number of rotatable bonds is 9. The van der Waals surface area contributed by atoms with Gasteiger partial charge in [0.05, 0.1) is 19.7 Å². The van der Waals surface area contributed by atoms with Crippen LogP contribution in [0.2, 0.25) is 0 Å². The zero-order valence-corrected chi connectivity index (χ0v) is 11.0. The number of para-hydroxylation sites is 1. The van der Waals surface area contributed by atoms with Crippen molar-refractivity contribution in [3.63, 3.8) is 0 Å². The van der Waals surface area contributed by atoms with E-state index in [2.05, 4.69) is 0 Å². The van der Waals surface area contributed by atoms with Crippen molar-refractivity contribution in [1.29, 1.82) is 0 Å². The SMILES string of the molecule is NCC(F)(F)CNC(=O)COCCOc1ccccc1. The van der Waals surface area contributed by atoms with Crippen molar-refractivity contribution < 1.29 is 23.0 Å². The Morgan fingerprint density at radius 2 is 1.95 bits per heavy atom. The Morgan fingerprint density at radius 1 is 1.25 bits per heavy atom. The molecule has 7 heteroatoms. The van der Waals surface area contributed by atoms with Gasteiger partial charge in [-0.1, -0.05) is 18.2 Å². The zero-order chi connectivity index (χ0) is 14.8. The summed E-state index contributed by atoms with van der Waals surface area (Å²) in [6.45, 7) is -1.42. The van der Waals surface area contributed by atoms with Crippen LogP contribution in [0.5, 0.6) is 5.75 Å². The Bertz CT molecular complexity index is 402. The minimum atomic E-state index is -3.09. The summed E-state index contributed by atoms with van der Waals surface area (Å²) in [5, 5.41) is 2.05. The normalized spacial score (nSPS) is 11.2. The summed E-state index contributed by atoms with van der Waals surface area (Å²) in [6, 6.07) is 9.12. The van der Waals surface area contributed by atoms with Gasteiger partial charge in [0.25, 0.3) is 5.92 Å². The quantitative estimate of drug-likeness (QED) is 0.659. The van der Waals surface area contributed by atoms with E-state index in [0.717, 1.165) is 0 Å². The third-order valence-corrected chi connectivity index (χ3v) is 2.32. The van der Waals surface area contributed by atoms with Crippen LogP contribution in [0.3, 0.4) is 0 Å². The smallest absolute Gasteiger partial charge is 0.277 e. The van der Waals surface area contributed by atoms with E-state index in [4.69, 9.17) is 15.2 Å². The number of nitrogens with one attached hydrogen (secondary N) is 1. The summed E-state index contributed by atoms with van der Waals surface area (Å²) in [5.41, 5.74) is 4.84. The van der Waals surface area contributed by atoms with E-state index < -0.39 is 24.9 Å².